The summed E-state index contributed by atoms with van der Waals surface area (Å²) >= 11 is 1.40. The minimum Gasteiger partial charge on any atom is -0.367 e. The third-order valence-corrected chi connectivity index (χ3v) is 4.93. The van der Waals surface area contributed by atoms with Gasteiger partial charge in [-0.2, -0.15) is 9.36 Å². The van der Waals surface area contributed by atoms with E-state index in [0.29, 0.717) is 11.4 Å². The van der Waals surface area contributed by atoms with E-state index in [0.717, 1.165) is 37.9 Å². The maximum absolute atomic E-state index is 5.58. The Labute approximate surface area is 118 Å². The fourth-order valence-corrected chi connectivity index (χ4v) is 3.64. The van der Waals surface area contributed by atoms with Crippen molar-refractivity contribution in [3.05, 3.63) is 0 Å². The van der Waals surface area contributed by atoms with E-state index in [1.165, 1.54) is 31.0 Å². The molecule has 2 saturated heterocycles. The van der Waals surface area contributed by atoms with Gasteiger partial charge < -0.3 is 16.0 Å². The van der Waals surface area contributed by atoms with Gasteiger partial charge in [0.2, 0.25) is 11.1 Å². The summed E-state index contributed by atoms with van der Waals surface area (Å²) in [6.07, 6.45) is 1.29. The molecule has 3 heterocycles. The first-order chi connectivity index (χ1) is 9.15. The summed E-state index contributed by atoms with van der Waals surface area (Å²) < 4.78 is 4.05. The molecule has 1 atom stereocenters. The summed E-state index contributed by atoms with van der Waals surface area (Å²) in [4.78, 5) is 9.13. The Balaban J connectivity index is 1.52. The molecule has 19 heavy (non-hydrogen) atoms. The van der Waals surface area contributed by atoms with Gasteiger partial charge in [-0.15, -0.1) is 0 Å². The molecule has 0 aromatic carbocycles. The van der Waals surface area contributed by atoms with Crippen molar-refractivity contribution in [3.8, 4) is 0 Å². The van der Waals surface area contributed by atoms with Crippen molar-refractivity contribution < 1.29 is 0 Å². The number of nitrogens with zero attached hydrogens (tertiary/aromatic N) is 4. The number of anilines is 2. The molecule has 0 saturated carbocycles. The lowest BCUT2D eigenvalue weighted by molar-refractivity contribution is 0.169. The summed E-state index contributed by atoms with van der Waals surface area (Å²) in [7, 11) is 0. The number of nitrogens with one attached hydrogen (secondary N) is 1. The third kappa shape index (κ3) is 2.98. The Bertz CT molecular complexity index is 420. The van der Waals surface area contributed by atoms with Crippen LogP contribution in [0.25, 0.3) is 0 Å². The minimum absolute atomic E-state index is 0.395. The van der Waals surface area contributed by atoms with Crippen molar-refractivity contribution in [2.75, 3.05) is 56.4 Å². The van der Waals surface area contributed by atoms with E-state index < -0.39 is 0 Å². The van der Waals surface area contributed by atoms with Crippen LogP contribution in [0, 0.1) is 5.41 Å². The van der Waals surface area contributed by atoms with E-state index in [1.54, 1.807) is 0 Å². The van der Waals surface area contributed by atoms with E-state index in [1.807, 2.05) is 0 Å². The van der Waals surface area contributed by atoms with Crippen LogP contribution < -0.4 is 16.0 Å². The van der Waals surface area contributed by atoms with Gasteiger partial charge in [0.25, 0.3) is 0 Å². The Morgan fingerprint density at radius 3 is 2.74 bits per heavy atom. The van der Waals surface area contributed by atoms with Crippen LogP contribution >= 0.6 is 11.5 Å². The quantitative estimate of drug-likeness (QED) is 0.828. The lowest BCUT2D eigenvalue weighted by Crippen LogP contribution is -2.49. The molecule has 106 valence electrons. The van der Waals surface area contributed by atoms with Crippen molar-refractivity contribution in [1.82, 2.24) is 19.6 Å². The second-order valence-corrected chi connectivity index (χ2v) is 6.67. The van der Waals surface area contributed by atoms with E-state index in [-0.39, 0.29) is 0 Å². The fourth-order valence-electron chi connectivity index (χ4n) is 3.00. The zero-order valence-corrected chi connectivity index (χ0v) is 12.2. The van der Waals surface area contributed by atoms with Gasteiger partial charge in [0, 0.05) is 50.8 Å². The normalized spacial score (nSPS) is 29.0. The van der Waals surface area contributed by atoms with Gasteiger partial charge >= 0.3 is 0 Å². The van der Waals surface area contributed by atoms with Gasteiger partial charge in [-0.1, -0.05) is 6.92 Å². The molecular weight excluding hydrogens is 260 g/mol. The highest BCUT2D eigenvalue weighted by Gasteiger charge is 2.32. The Hall–Kier alpha value is -0.920. The molecule has 2 aliphatic rings. The fraction of sp³-hybridized carbons (Fsp3) is 0.833. The zero-order valence-electron chi connectivity index (χ0n) is 11.4. The number of nitrogen functional groups attached to an aromatic ring is 1. The molecule has 0 aliphatic carbocycles. The van der Waals surface area contributed by atoms with Crippen LogP contribution in [0.3, 0.4) is 0 Å². The monoisotopic (exact) mass is 282 g/mol. The maximum atomic E-state index is 5.58. The molecule has 0 radical (unpaired) electrons. The lowest BCUT2D eigenvalue weighted by atomic mass is 9.89. The van der Waals surface area contributed by atoms with Crippen LogP contribution in [-0.2, 0) is 0 Å². The van der Waals surface area contributed by atoms with Gasteiger partial charge in [-0.05, 0) is 18.4 Å². The van der Waals surface area contributed by atoms with Crippen molar-refractivity contribution in [1.29, 1.82) is 0 Å². The third-order valence-electron chi connectivity index (χ3n) is 4.14. The molecule has 2 aliphatic heterocycles. The van der Waals surface area contributed by atoms with E-state index in [2.05, 4.69) is 31.4 Å². The molecular formula is C12H22N6S. The van der Waals surface area contributed by atoms with Crippen LogP contribution in [0.4, 0.5) is 11.1 Å². The largest absolute Gasteiger partial charge is 0.367 e. The highest BCUT2D eigenvalue weighted by Crippen LogP contribution is 2.27. The zero-order chi connectivity index (χ0) is 13.3. The maximum Gasteiger partial charge on any atom is 0.233 e. The van der Waals surface area contributed by atoms with Gasteiger partial charge in [-0.3, -0.25) is 4.90 Å². The number of rotatable bonds is 3. The summed E-state index contributed by atoms with van der Waals surface area (Å²) in [5, 5.41) is 4.44. The molecule has 3 rings (SSSR count). The first-order valence-electron chi connectivity index (χ1n) is 6.92. The molecule has 6 nitrogen and oxygen atoms in total. The van der Waals surface area contributed by atoms with Gasteiger partial charge in [0.1, 0.15) is 0 Å². The number of hydrogen-bond donors (Lipinski definition) is 2. The van der Waals surface area contributed by atoms with Crippen LogP contribution in [0.2, 0.25) is 0 Å². The SMILES string of the molecule is CC1(CN2CCN(c3nc(N)ns3)CC2)CCNC1. The molecule has 0 spiro atoms. The first kappa shape index (κ1) is 13.1. The smallest absolute Gasteiger partial charge is 0.233 e. The average molecular weight is 282 g/mol. The molecule has 1 aromatic heterocycles. The lowest BCUT2D eigenvalue weighted by Gasteiger charge is -2.38. The highest BCUT2D eigenvalue weighted by atomic mass is 32.1. The molecule has 1 unspecified atom stereocenters. The predicted molar refractivity (Wildman–Crippen MR) is 78.6 cm³/mol. The van der Waals surface area contributed by atoms with E-state index >= 15 is 0 Å². The molecule has 0 bridgehead atoms. The summed E-state index contributed by atoms with van der Waals surface area (Å²) in [6, 6.07) is 0. The average Bonchev–Trinajstić information content (AvgIpc) is 3.00. The second kappa shape index (κ2) is 5.22. The molecule has 1 aromatic rings. The van der Waals surface area contributed by atoms with Crippen LogP contribution in [0.5, 0.6) is 0 Å². The Morgan fingerprint density at radius 1 is 1.37 bits per heavy atom. The Kier molecular flexibility index (Phi) is 3.60. The van der Waals surface area contributed by atoms with Crippen LogP contribution in [0.15, 0.2) is 0 Å². The topological polar surface area (TPSA) is 70.3 Å². The van der Waals surface area contributed by atoms with Crippen molar-refractivity contribution in [3.63, 3.8) is 0 Å². The number of nitrogens with two attached hydrogens (primary N) is 1. The Morgan fingerprint density at radius 2 is 2.16 bits per heavy atom. The molecule has 0 amide bonds. The first-order valence-corrected chi connectivity index (χ1v) is 7.69. The van der Waals surface area contributed by atoms with Crippen molar-refractivity contribution >= 4 is 22.6 Å². The summed E-state index contributed by atoms with van der Waals surface area (Å²) in [6.45, 7) is 10.2. The number of hydrogen-bond acceptors (Lipinski definition) is 7. The highest BCUT2D eigenvalue weighted by molar-refractivity contribution is 7.09. The summed E-state index contributed by atoms with van der Waals surface area (Å²) in [5.74, 6) is 0.395. The van der Waals surface area contributed by atoms with Gasteiger partial charge in [0.15, 0.2) is 0 Å². The second-order valence-electron chi connectivity index (χ2n) is 5.94. The van der Waals surface area contributed by atoms with E-state index in [4.69, 9.17) is 5.73 Å². The van der Waals surface area contributed by atoms with Crippen LogP contribution in [0.1, 0.15) is 13.3 Å². The minimum atomic E-state index is 0.395. The van der Waals surface area contributed by atoms with Gasteiger partial charge in [0.05, 0.1) is 0 Å². The molecule has 7 heteroatoms. The van der Waals surface area contributed by atoms with Gasteiger partial charge in [-0.25, -0.2) is 0 Å². The predicted octanol–water partition coefficient (Wildman–Crippen LogP) is 0.242. The number of piperazine rings is 1. The van der Waals surface area contributed by atoms with E-state index in [9.17, 15) is 0 Å². The van der Waals surface area contributed by atoms with Crippen molar-refractivity contribution in [2.45, 2.75) is 13.3 Å². The van der Waals surface area contributed by atoms with Crippen molar-refractivity contribution in [2.24, 2.45) is 5.41 Å². The number of aromatic nitrogens is 2. The molecule has 3 N–H and O–H groups in total. The standard InChI is InChI=1S/C12H22N6S/c1-12(2-3-14-8-12)9-17-4-6-18(7-5-17)11-15-10(13)16-19-11/h14H,2-9H2,1H3,(H2,13,16). The summed E-state index contributed by atoms with van der Waals surface area (Å²) in [5.41, 5.74) is 6.04. The van der Waals surface area contributed by atoms with Crippen LogP contribution in [-0.4, -0.2) is 60.1 Å². The molecule has 2 fully saturated rings.